The summed E-state index contributed by atoms with van der Waals surface area (Å²) in [6, 6.07) is 8.15. The first-order valence-corrected chi connectivity index (χ1v) is 6.97. The SMILES string of the molecule is Clc1cc[c]([Al]2[CH2]CCC[O]2)cc1. The smallest absolute Gasteiger partial charge is 0.497 e. The summed E-state index contributed by atoms with van der Waals surface area (Å²) >= 11 is 4.76. The van der Waals surface area contributed by atoms with E-state index in [4.69, 9.17) is 15.4 Å². The van der Waals surface area contributed by atoms with Crippen molar-refractivity contribution < 1.29 is 3.79 Å². The zero-order valence-electron chi connectivity index (χ0n) is 7.50. The third kappa shape index (κ3) is 2.48. The summed E-state index contributed by atoms with van der Waals surface area (Å²) in [7, 11) is 0. The molecule has 1 aliphatic rings. The molecule has 0 amide bonds. The van der Waals surface area contributed by atoms with E-state index in [2.05, 4.69) is 12.1 Å². The molecule has 0 aliphatic carbocycles. The van der Waals surface area contributed by atoms with E-state index in [1.54, 1.807) is 0 Å². The van der Waals surface area contributed by atoms with Gasteiger partial charge in [0.05, 0.1) is 0 Å². The molecule has 0 unspecified atom stereocenters. The molecule has 0 aromatic heterocycles. The highest BCUT2D eigenvalue weighted by molar-refractivity contribution is 6.67. The Bertz CT molecular complexity index is 267. The summed E-state index contributed by atoms with van der Waals surface area (Å²) < 4.78 is 7.19. The van der Waals surface area contributed by atoms with Crippen LogP contribution in [0.2, 0.25) is 10.3 Å². The van der Waals surface area contributed by atoms with Gasteiger partial charge in [-0.3, -0.25) is 0 Å². The Kier molecular flexibility index (Phi) is 3.29. The number of benzene rings is 1. The van der Waals surface area contributed by atoms with Gasteiger partial charge in [0, 0.05) is 11.6 Å². The van der Waals surface area contributed by atoms with E-state index in [-0.39, 0.29) is 0 Å². The van der Waals surface area contributed by atoms with Crippen LogP contribution in [0.5, 0.6) is 0 Å². The summed E-state index contributed by atoms with van der Waals surface area (Å²) in [5, 5.41) is 2.09. The van der Waals surface area contributed by atoms with Gasteiger partial charge in [0.1, 0.15) is 0 Å². The van der Waals surface area contributed by atoms with Crippen LogP contribution in [0.1, 0.15) is 12.8 Å². The maximum atomic E-state index is 5.83. The molecular formula is C10H12AlClO. The van der Waals surface area contributed by atoms with Crippen LogP contribution in [0.25, 0.3) is 0 Å². The summed E-state index contributed by atoms with van der Waals surface area (Å²) in [6.07, 6.45) is 2.57. The summed E-state index contributed by atoms with van der Waals surface area (Å²) in [5.74, 6) is 0. The average molecular weight is 211 g/mol. The first-order chi connectivity index (χ1) is 6.36. The van der Waals surface area contributed by atoms with Crippen molar-refractivity contribution in [2.75, 3.05) is 6.61 Å². The molecule has 1 aromatic carbocycles. The van der Waals surface area contributed by atoms with Crippen molar-refractivity contribution in [1.82, 2.24) is 0 Å². The first kappa shape index (κ1) is 9.55. The molecule has 0 radical (unpaired) electrons. The molecule has 1 aromatic rings. The predicted molar refractivity (Wildman–Crippen MR) is 56.8 cm³/mol. The third-order valence-electron chi connectivity index (χ3n) is 2.42. The van der Waals surface area contributed by atoms with Gasteiger partial charge in [0.25, 0.3) is 0 Å². The van der Waals surface area contributed by atoms with Crippen LogP contribution in [-0.4, -0.2) is 21.1 Å². The number of halogens is 1. The van der Waals surface area contributed by atoms with Gasteiger partial charge < -0.3 is 3.79 Å². The van der Waals surface area contributed by atoms with Crippen molar-refractivity contribution in [3.05, 3.63) is 29.3 Å². The lowest BCUT2D eigenvalue weighted by atomic mass is 10.3. The Morgan fingerprint density at radius 1 is 1.15 bits per heavy atom. The Morgan fingerprint density at radius 3 is 2.54 bits per heavy atom. The normalized spacial score (nSPS) is 17.5. The fourth-order valence-corrected chi connectivity index (χ4v) is 4.23. The molecular weight excluding hydrogens is 199 g/mol. The molecule has 68 valence electrons. The lowest BCUT2D eigenvalue weighted by molar-refractivity contribution is 0.294. The molecule has 0 spiro atoms. The molecule has 1 heterocycles. The third-order valence-corrected chi connectivity index (χ3v) is 5.37. The fraction of sp³-hybridized carbons (Fsp3) is 0.400. The standard InChI is InChI=1S/C6H4Cl.C4H8O.Al/c7-6-4-2-1-3-5-6;1-2-3-4-5;/h2-5H;1-4H2;/q;-1;+1. The highest BCUT2D eigenvalue weighted by Crippen LogP contribution is 2.12. The van der Waals surface area contributed by atoms with Crippen LogP contribution in [0.15, 0.2) is 24.3 Å². The first-order valence-electron chi connectivity index (χ1n) is 4.73. The van der Waals surface area contributed by atoms with E-state index in [0.29, 0.717) is 0 Å². The molecule has 1 fully saturated rings. The number of hydrogen-bond donors (Lipinski definition) is 0. The minimum Gasteiger partial charge on any atom is -0.497 e. The predicted octanol–water partition coefficient (Wildman–Crippen LogP) is 2.35. The second kappa shape index (κ2) is 4.48. The van der Waals surface area contributed by atoms with Gasteiger partial charge in [0.2, 0.25) is 0 Å². The fourth-order valence-electron chi connectivity index (χ4n) is 1.68. The maximum absolute atomic E-state index is 5.83. The van der Waals surface area contributed by atoms with Crippen molar-refractivity contribution >= 4 is 30.5 Å². The molecule has 1 nitrogen and oxygen atoms in total. The van der Waals surface area contributed by atoms with Crippen LogP contribution in [0.3, 0.4) is 0 Å². The van der Waals surface area contributed by atoms with Gasteiger partial charge in [0.15, 0.2) is 0 Å². The van der Waals surface area contributed by atoms with Crippen molar-refractivity contribution in [2.24, 2.45) is 0 Å². The van der Waals surface area contributed by atoms with Crippen molar-refractivity contribution in [2.45, 2.75) is 18.1 Å². The van der Waals surface area contributed by atoms with Crippen LogP contribution < -0.4 is 4.43 Å². The van der Waals surface area contributed by atoms with E-state index in [0.717, 1.165) is 11.6 Å². The average Bonchev–Trinajstić information content (AvgIpc) is 2.20. The molecule has 13 heavy (non-hydrogen) atoms. The topological polar surface area (TPSA) is 9.23 Å². The van der Waals surface area contributed by atoms with Crippen LogP contribution >= 0.6 is 11.6 Å². The van der Waals surface area contributed by atoms with Gasteiger partial charge in [-0.15, -0.1) is 0 Å². The molecule has 0 atom stereocenters. The highest BCUT2D eigenvalue weighted by Gasteiger charge is 2.25. The van der Waals surface area contributed by atoms with Crippen LogP contribution in [0.4, 0.5) is 0 Å². The Labute approximate surface area is 88.4 Å². The van der Waals surface area contributed by atoms with E-state index in [1.807, 2.05) is 12.1 Å². The monoisotopic (exact) mass is 210 g/mol. The zero-order chi connectivity index (χ0) is 9.10. The number of rotatable bonds is 1. The van der Waals surface area contributed by atoms with Gasteiger partial charge in [-0.1, -0.05) is 39.9 Å². The number of hydrogen-bond acceptors (Lipinski definition) is 1. The van der Waals surface area contributed by atoms with Crippen LogP contribution in [0, 0.1) is 0 Å². The second-order valence-electron chi connectivity index (χ2n) is 3.41. The van der Waals surface area contributed by atoms with E-state index in [1.165, 1.54) is 22.5 Å². The molecule has 3 heteroatoms. The summed E-state index contributed by atoms with van der Waals surface area (Å²) in [5.41, 5.74) is 0. The van der Waals surface area contributed by atoms with Crippen molar-refractivity contribution in [1.29, 1.82) is 0 Å². The minimum absolute atomic E-state index is 0.813. The van der Waals surface area contributed by atoms with Gasteiger partial charge in [-0.05, 0) is 18.6 Å². The molecule has 0 N–H and O–H groups in total. The van der Waals surface area contributed by atoms with Crippen LogP contribution in [-0.2, 0) is 3.79 Å². The second-order valence-corrected chi connectivity index (χ2v) is 6.40. The van der Waals surface area contributed by atoms with E-state index >= 15 is 0 Å². The van der Waals surface area contributed by atoms with Gasteiger partial charge in [-0.25, -0.2) is 0 Å². The lowest BCUT2D eigenvalue weighted by Crippen LogP contribution is -2.36. The molecule has 2 rings (SSSR count). The molecule has 1 aliphatic heterocycles. The van der Waals surface area contributed by atoms with E-state index in [9.17, 15) is 0 Å². The Hall–Kier alpha value is 0.00247. The molecule has 1 saturated heterocycles. The maximum Gasteiger partial charge on any atom is 0.502 e. The Balaban J connectivity index is 2.10. The van der Waals surface area contributed by atoms with Crippen molar-refractivity contribution in [3.63, 3.8) is 0 Å². The summed E-state index contributed by atoms with van der Waals surface area (Å²) in [6.45, 7) is 0.958. The summed E-state index contributed by atoms with van der Waals surface area (Å²) in [4.78, 5) is 0. The molecule has 0 saturated carbocycles. The van der Waals surface area contributed by atoms with E-state index < -0.39 is 14.5 Å². The largest absolute Gasteiger partial charge is 0.502 e. The quantitative estimate of drug-likeness (QED) is 0.647. The Morgan fingerprint density at radius 2 is 1.92 bits per heavy atom. The van der Waals surface area contributed by atoms with Gasteiger partial charge >= 0.3 is 14.5 Å². The molecule has 0 bridgehead atoms. The lowest BCUT2D eigenvalue weighted by Gasteiger charge is -2.18. The minimum atomic E-state index is -1.06. The van der Waals surface area contributed by atoms with Crippen molar-refractivity contribution in [3.8, 4) is 0 Å². The highest BCUT2D eigenvalue weighted by atomic mass is 35.5. The zero-order valence-corrected chi connectivity index (χ0v) is 9.41. The van der Waals surface area contributed by atoms with Gasteiger partial charge in [-0.2, -0.15) is 0 Å².